The third kappa shape index (κ3) is 4.89. The van der Waals surface area contributed by atoms with Crippen molar-refractivity contribution in [3.8, 4) is 11.1 Å². The fourth-order valence-electron chi connectivity index (χ4n) is 3.79. The number of nitrogens with zero attached hydrogens (tertiary/aromatic N) is 2. The molecule has 3 aromatic rings. The summed E-state index contributed by atoms with van der Waals surface area (Å²) in [5, 5.41) is 20.4. The summed E-state index contributed by atoms with van der Waals surface area (Å²) < 4.78 is 1.70. The number of imidazole rings is 1. The average Bonchev–Trinajstić information content (AvgIpc) is 3.11. The minimum absolute atomic E-state index is 0.146. The topological polar surface area (TPSA) is 118 Å². The van der Waals surface area contributed by atoms with Crippen LogP contribution in [0.1, 0.15) is 71.5 Å². The van der Waals surface area contributed by atoms with Crippen LogP contribution in [-0.2, 0) is 18.6 Å². The number of aryl methyl sites for hydroxylation is 1. The molecule has 0 saturated carbocycles. The molecule has 4 N–H and O–H groups in total. The second-order valence-electron chi connectivity index (χ2n) is 8.39. The van der Waals surface area contributed by atoms with E-state index >= 15 is 0 Å². The molecule has 0 aliphatic heterocycles. The largest absolute Gasteiger partial charge is 0.478 e. The summed E-state index contributed by atoms with van der Waals surface area (Å²) in [5.41, 5.74) is 7.01. The Kier molecular flexibility index (Phi) is 6.79. The van der Waals surface area contributed by atoms with E-state index in [-0.39, 0.29) is 23.5 Å². The monoisotopic (exact) mass is 435 g/mol. The van der Waals surface area contributed by atoms with Gasteiger partial charge in [0.25, 0.3) is 5.91 Å². The Morgan fingerprint density at radius 2 is 1.81 bits per heavy atom. The van der Waals surface area contributed by atoms with Gasteiger partial charge in [0.2, 0.25) is 0 Å². The molecule has 7 heteroatoms. The van der Waals surface area contributed by atoms with Gasteiger partial charge in [-0.3, -0.25) is 4.79 Å². The normalized spacial score (nSPS) is 11.5. The molecule has 0 aliphatic carbocycles. The molecule has 1 heterocycles. The summed E-state index contributed by atoms with van der Waals surface area (Å²) >= 11 is 0. The molecule has 32 heavy (non-hydrogen) atoms. The molecule has 0 radical (unpaired) electrons. The molecule has 0 atom stereocenters. The van der Waals surface area contributed by atoms with E-state index in [2.05, 4.69) is 11.9 Å². The molecule has 0 saturated heterocycles. The van der Waals surface area contributed by atoms with Gasteiger partial charge in [0.05, 0.1) is 5.56 Å². The number of amides is 1. The van der Waals surface area contributed by atoms with Crippen molar-refractivity contribution in [1.82, 2.24) is 9.55 Å². The van der Waals surface area contributed by atoms with E-state index in [1.165, 1.54) is 0 Å². The van der Waals surface area contributed by atoms with Gasteiger partial charge < -0.3 is 20.5 Å². The molecule has 3 rings (SSSR count). The zero-order valence-corrected chi connectivity index (χ0v) is 18.6. The van der Waals surface area contributed by atoms with Crippen LogP contribution in [0.25, 0.3) is 11.1 Å². The standard InChI is InChI=1S/C25H29N3O4/c1-4-5-11-20-27-22(25(2,3)32)21(23(26)29)28(20)15-16-12-13-18(19(14-16)24(30)31)17-9-7-6-8-10-17/h6-10,12-14,32H,4-5,11,15H2,1-3H3,(H2,26,29)(H,30,31). The number of carboxylic acid groups (broad SMARTS) is 1. The quantitative estimate of drug-likeness (QED) is 0.470. The first-order valence-electron chi connectivity index (χ1n) is 10.7. The summed E-state index contributed by atoms with van der Waals surface area (Å²) in [6.45, 7) is 5.40. The van der Waals surface area contributed by atoms with Crippen LogP contribution >= 0.6 is 0 Å². The van der Waals surface area contributed by atoms with E-state index in [0.717, 1.165) is 18.4 Å². The maximum atomic E-state index is 12.3. The molecular formula is C25H29N3O4. The zero-order chi connectivity index (χ0) is 23.5. The molecular weight excluding hydrogens is 406 g/mol. The van der Waals surface area contributed by atoms with Gasteiger partial charge in [-0.2, -0.15) is 0 Å². The van der Waals surface area contributed by atoms with Crippen molar-refractivity contribution >= 4 is 11.9 Å². The van der Waals surface area contributed by atoms with E-state index < -0.39 is 17.5 Å². The second kappa shape index (κ2) is 9.36. The number of carbonyl (C=O) groups excluding carboxylic acids is 1. The summed E-state index contributed by atoms with van der Waals surface area (Å²) in [6, 6.07) is 14.5. The van der Waals surface area contributed by atoms with Crippen LogP contribution in [0.4, 0.5) is 0 Å². The summed E-state index contributed by atoms with van der Waals surface area (Å²) in [4.78, 5) is 28.9. The first-order chi connectivity index (χ1) is 15.1. The SMILES string of the molecule is CCCCc1nc(C(C)(C)O)c(C(N)=O)n1Cc1ccc(-c2ccccc2)c(C(=O)O)c1. The Labute approximate surface area is 187 Å². The van der Waals surface area contributed by atoms with Gasteiger partial charge in [0.1, 0.15) is 22.8 Å². The number of primary amides is 1. The van der Waals surface area contributed by atoms with Crippen LogP contribution in [0.5, 0.6) is 0 Å². The van der Waals surface area contributed by atoms with Crippen LogP contribution in [0.3, 0.4) is 0 Å². The van der Waals surface area contributed by atoms with Crippen LogP contribution in [0.2, 0.25) is 0 Å². The van der Waals surface area contributed by atoms with Crippen LogP contribution in [-0.4, -0.2) is 31.6 Å². The van der Waals surface area contributed by atoms with E-state index in [0.29, 0.717) is 23.4 Å². The first kappa shape index (κ1) is 23.2. The molecule has 1 amide bonds. The number of hydrogen-bond acceptors (Lipinski definition) is 4. The Balaban J connectivity index is 2.11. The molecule has 0 unspecified atom stereocenters. The number of carbonyl (C=O) groups is 2. The summed E-state index contributed by atoms with van der Waals surface area (Å²) in [7, 11) is 0. The lowest BCUT2D eigenvalue weighted by Gasteiger charge is -2.17. The highest BCUT2D eigenvalue weighted by Crippen LogP contribution is 2.28. The fourth-order valence-corrected chi connectivity index (χ4v) is 3.79. The van der Waals surface area contributed by atoms with Crippen molar-refractivity contribution in [1.29, 1.82) is 0 Å². The Morgan fingerprint density at radius 3 is 2.38 bits per heavy atom. The van der Waals surface area contributed by atoms with Crippen LogP contribution in [0, 0.1) is 0 Å². The number of aromatic nitrogens is 2. The third-order valence-electron chi connectivity index (χ3n) is 5.35. The number of hydrogen-bond donors (Lipinski definition) is 3. The van der Waals surface area contributed by atoms with Crippen molar-refractivity contribution < 1.29 is 19.8 Å². The van der Waals surface area contributed by atoms with Gasteiger partial charge >= 0.3 is 5.97 Å². The lowest BCUT2D eigenvalue weighted by molar-refractivity contribution is 0.0696. The Hall–Kier alpha value is -3.45. The highest BCUT2D eigenvalue weighted by molar-refractivity contribution is 5.96. The molecule has 7 nitrogen and oxygen atoms in total. The zero-order valence-electron chi connectivity index (χ0n) is 18.6. The Bertz CT molecular complexity index is 1130. The van der Waals surface area contributed by atoms with Gasteiger partial charge in [-0.1, -0.05) is 55.8 Å². The Morgan fingerprint density at radius 1 is 1.12 bits per heavy atom. The first-order valence-corrected chi connectivity index (χ1v) is 10.7. The maximum Gasteiger partial charge on any atom is 0.336 e. The summed E-state index contributed by atoms with van der Waals surface area (Å²) in [6.07, 6.45) is 2.40. The van der Waals surface area contributed by atoms with E-state index in [1.807, 2.05) is 36.4 Å². The highest BCUT2D eigenvalue weighted by atomic mass is 16.4. The van der Waals surface area contributed by atoms with Gasteiger partial charge in [-0.15, -0.1) is 0 Å². The number of unbranched alkanes of at least 4 members (excludes halogenated alkanes) is 1. The third-order valence-corrected chi connectivity index (χ3v) is 5.35. The minimum Gasteiger partial charge on any atom is -0.478 e. The molecule has 0 fully saturated rings. The highest BCUT2D eigenvalue weighted by Gasteiger charge is 2.30. The predicted molar refractivity (Wildman–Crippen MR) is 123 cm³/mol. The smallest absolute Gasteiger partial charge is 0.336 e. The molecule has 0 aliphatic rings. The van der Waals surface area contributed by atoms with E-state index in [9.17, 15) is 19.8 Å². The number of benzene rings is 2. The van der Waals surface area contributed by atoms with Crippen molar-refractivity contribution in [2.24, 2.45) is 5.73 Å². The van der Waals surface area contributed by atoms with E-state index in [1.54, 1.807) is 30.5 Å². The molecule has 0 bridgehead atoms. The second-order valence-corrected chi connectivity index (χ2v) is 8.39. The van der Waals surface area contributed by atoms with Crippen molar-refractivity contribution in [3.63, 3.8) is 0 Å². The number of carboxylic acids is 1. The lowest BCUT2D eigenvalue weighted by atomic mass is 9.97. The molecule has 168 valence electrons. The fraction of sp³-hybridized carbons (Fsp3) is 0.320. The van der Waals surface area contributed by atoms with Crippen LogP contribution in [0.15, 0.2) is 48.5 Å². The van der Waals surface area contributed by atoms with Gasteiger partial charge in [-0.25, -0.2) is 9.78 Å². The minimum atomic E-state index is -1.35. The maximum absolute atomic E-state index is 12.3. The number of rotatable bonds is 9. The predicted octanol–water partition coefficient (Wildman–Crippen LogP) is 3.97. The van der Waals surface area contributed by atoms with Crippen molar-refractivity contribution in [2.45, 2.75) is 52.2 Å². The average molecular weight is 436 g/mol. The van der Waals surface area contributed by atoms with Crippen LogP contribution < -0.4 is 5.73 Å². The molecule has 2 aromatic carbocycles. The summed E-state index contributed by atoms with van der Waals surface area (Å²) in [5.74, 6) is -1.08. The van der Waals surface area contributed by atoms with Gasteiger partial charge in [0, 0.05) is 13.0 Å². The van der Waals surface area contributed by atoms with Crippen molar-refractivity contribution in [2.75, 3.05) is 0 Å². The number of nitrogens with two attached hydrogens (primary N) is 1. The van der Waals surface area contributed by atoms with Crippen molar-refractivity contribution in [3.05, 3.63) is 76.9 Å². The van der Waals surface area contributed by atoms with E-state index in [4.69, 9.17) is 5.73 Å². The van der Waals surface area contributed by atoms with Gasteiger partial charge in [0.15, 0.2) is 0 Å². The van der Waals surface area contributed by atoms with Gasteiger partial charge in [-0.05, 0) is 43.0 Å². The molecule has 0 spiro atoms. The number of aliphatic hydroxyl groups is 1. The number of aromatic carboxylic acids is 1. The molecule has 1 aromatic heterocycles. The lowest BCUT2D eigenvalue weighted by Crippen LogP contribution is -2.26.